The monoisotopic (exact) mass is 488 g/mol. The molecule has 0 bridgehead atoms. The molecule has 1 amide bonds. The fourth-order valence-electron chi connectivity index (χ4n) is 4.85. The summed E-state index contributed by atoms with van der Waals surface area (Å²) in [5.41, 5.74) is 12.2. The summed E-state index contributed by atoms with van der Waals surface area (Å²) in [5, 5.41) is 8.01. The maximum atomic E-state index is 14.4. The molecule has 8 nitrogen and oxygen atoms in total. The van der Waals surface area contributed by atoms with Crippen LogP contribution in [0, 0.1) is 12.7 Å². The highest BCUT2D eigenvalue weighted by Crippen LogP contribution is 2.40. The fraction of sp³-hybridized carbons (Fsp3) is 0.296. The summed E-state index contributed by atoms with van der Waals surface area (Å²) in [6.45, 7) is 3.48. The van der Waals surface area contributed by atoms with Crippen molar-refractivity contribution >= 4 is 28.5 Å². The van der Waals surface area contributed by atoms with Gasteiger partial charge in [-0.2, -0.15) is 5.10 Å². The van der Waals surface area contributed by atoms with E-state index in [4.69, 9.17) is 15.5 Å². The zero-order valence-electron chi connectivity index (χ0n) is 20.6. The molecule has 0 unspecified atom stereocenters. The molecule has 1 aliphatic rings. The maximum absolute atomic E-state index is 14.4. The number of anilines is 2. The number of hydrogen-bond donors (Lipinski definition) is 2. The normalized spacial score (nSPS) is 14.3. The molecular weight excluding hydrogens is 459 g/mol. The second-order valence-electron chi connectivity index (χ2n) is 9.28. The molecule has 0 aliphatic carbocycles. The molecule has 2 aromatic heterocycles. The number of hydrogen-bond acceptors (Lipinski definition) is 6. The number of nitrogens with zero attached hydrogens (tertiary/aromatic N) is 4. The molecule has 0 saturated carbocycles. The summed E-state index contributed by atoms with van der Waals surface area (Å²) in [4.78, 5) is 18.9. The predicted octanol–water partition coefficient (Wildman–Crippen LogP) is 4.86. The number of halogens is 1. The minimum Gasteiger partial charge on any atom is -0.453 e. The van der Waals surface area contributed by atoms with Crippen LogP contribution in [0.2, 0.25) is 0 Å². The van der Waals surface area contributed by atoms with Crippen LogP contribution >= 0.6 is 0 Å². The van der Waals surface area contributed by atoms with Gasteiger partial charge in [0.1, 0.15) is 5.82 Å². The molecule has 1 aliphatic heterocycles. The number of nitrogens with two attached hydrogens (primary N) is 1. The Morgan fingerprint density at radius 2 is 1.92 bits per heavy atom. The Morgan fingerprint density at radius 3 is 2.64 bits per heavy atom. The Kier molecular flexibility index (Phi) is 6.32. The van der Waals surface area contributed by atoms with E-state index < -0.39 is 6.09 Å². The zero-order valence-corrected chi connectivity index (χ0v) is 20.6. The SMILES string of the molecule is COC(=O)Nc1nn(C)cc1-c1ccc2ncc(-c3cc(C)cc(F)c3)c(N3CCC(N)CC3)c2c1. The van der Waals surface area contributed by atoms with E-state index in [1.807, 2.05) is 37.5 Å². The fourth-order valence-corrected chi connectivity index (χ4v) is 4.85. The Bertz CT molecular complexity index is 1420. The van der Waals surface area contributed by atoms with Gasteiger partial charge in [-0.25, -0.2) is 9.18 Å². The van der Waals surface area contributed by atoms with Crippen molar-refractivity contribution < 1.29 is 13.9 Å². The number of aryl methyl sites for hydroxylation is 2. The Balaban J connectivity index is 1.71. The Morgan fingerprint density at radius 1 is 1.14 bits per heavy atom. The number of benzene rings is 2. The molecule has 5 rings (SSSR count). The average molecular weight is 489 g/mol. The van der Waals surface area contributed by atoms with Gasteiger partial charge in [0, 0.05) is 55.1 Å². The third-order valence-electron chi connectivity index (χ3n) is 6.59. The number of nitrogens with one attached hydrogen (secondary N) is 1. The quantitative estimate of drug-likeness (QED) is 0.426. The third kappa shape index (κ3) is 4.61. The number of aromatic nitrogens is 3. The Labute approximate surface area is 208 Å². The van der Waals surface area contributed by atoms with Gasteiger partial charge in [0.15, 0.2) is 5.82 Å². The van der Waals surface area contributed by atoms with E-state index in [-0.39, 0.29) is 11.9 Å². The number of ether oxygens (including phenoxy) is 1. The van der Waals surface area contributed by atoms with Crippen LogP contribution in [0.25, 0.3) is 33.2 Å². The first-order valence-corrected chi connectivity index (χ1v) is 11.9. The lowest BCUT2D eigenvalue weighted by molar-refractivity contribution is 0.187. The van der Waals surface area contributed by atoms with Crippen LogP contribution in [0.1, 0.15) is 18.4 Å². The van der Waals surface area contributed by atoms with Gasteiger partial charge in [0.05, 0.1) is 18.3 Å². The average Bonchev–Trinajstić information content (AvgIpc) is 3.22. The highest BCUT2D eigenvalue weighted by atomic mass is 19.1. The first kappa shape index (κ1) is 23.7. The van der Waals surface area contributed by atoms with Crippen molar-refractivity contribution in [3.63, 3.8) is 0 Å². The molecular formula is C27H29FN6O2. The highest BCUT2D eigenvalue weighted by Gasteiger charge is 2.23. The number of piperidine rings is 1. The van der Waals surface area contributed by atoms with E-state index in [1.165, 1.54) is 13.2 Å². The number of amides is 1. The molecule has 0 radical (unpaired) electrons. The highest BCUT2D eigenvalue weighted by molar-refractivity contribution is 6.02. The zero-order chi connectivity index (χ0) is 25.4. The topological polar surface area (TPSA) is 98.3 Å². The van der Waals surface area contributed by atoms with Crippen LogP contribution in [0.15, 0.2) is 48.8 Å². The van der Waals surface area contributed by atoms with Gasteiger partial charge in [-0.1, -0.05) is 12.1 Å². The van der Waals surface area contributed by atoms with Gasteiger partial charge in [0.25, 0.3) is 0 Å². The lowest BCUT2D eigenvalue weighted by Gasteiger charge is -2.34. The van der Waals surface area contributed by atoms with Gasteiger partial charge in [-0.15, -0.1) is 0 Å². The van der Waals surface area contributed by atoms with Crippen LogP contribution in [-0.2, 0) is 11.8 Å². The van der Waals surface area contributed by atoms with Crippen LogP contribution in [-0.4, -0.2) is 47.1 Å². The lowest BCUT2D eigenvalue weighted by Crippen LogP contribution is -2.40. The summed E-state index contributed by atoms with van der Waals surface area (Å²) in [6.07, 6.45) is 4.83. The summed E-state index contributed by atoms with van der Waals surface area (Å²) in [5.74, 6) is 0.124. The van der Waals surface area contributed by atoms with Gasteiger partial charge >= 0.3 is 6.09 Å². The van der Waals surface area contributed by atoms with E-state index in [9.17, 15) is 9.18 Å². The summed E-state index contributed by atoms with van der Waals surface area (Å²) in [6, 6.07) is 11.2. The van der Waals surface area contributed by atoms with E-state index in [1.54, 1.807) is 17.8 Å². The number of carbonyl (C=O) groups excluding carboxylic acids is 1. The molecule has 2 aromatic carbocycles. The minimum atomic E-state index is -0.591. The van der Waals surface area contributed by atoms with E-state index in [0.29, 0.717) is 5.82 Å². The van der Waals surface area contributed by atoms with Gasteiger partial charge in [-0.05, 0) is 60.7 Å². The maximum Gasteiger partial charge on any atom is 0.412 e. The van der Waals surface area contributed by atoms with Crippen LogP contribution in [0.4, 0.5) is 20.7 Å². The van der Waals surface area contributed by atoms with Gasteiger partial charge in [0.2, 0.25) is 0 Å². The number of fused-ring (bicyclic) bond motifs is 1. The second kappa shape index (κ2) is 9.58. The van der Waals surface area contributed by atoms with Crippen LogP contribution < -0.4 is 16.0 Å². The molecule has 1 saturated heterocycles. The molecule has 3 heterocycles. The molecule has 36 heavy (non-hydrogen) atoms. The van der Waals surface area contributed by atoms with Crippen molar-refractivity contribution in [2.75, 3.05) is 30.4 Å². The van der Waals surface area contributed by atoms with Crippen molar-refractivity contribution in [2.45, 2.75) is 25.8 Å². The first-order chi connectivity index (χ1) is 17.3. The van der Waals surface area contributed by atoms with Crippen molar-refractivity contribution in [1.82, 2.24) is 14.8 Å². The van der Waals surface area contributed by atoms with Crippen molar-refractivity contribution in [3.8, 4) is 22.3 Å². The number of carbonyl (C=O) groups is 1. The second-order valence-corrected chi connectivity index (χ2v) is 9.28. The van der Waals surface area contributed by atoms with E-state index in [0.717, 1.165) is 70.3 Å². The van der Waals surface area contributed by atoms with E-state index >= 15 is 0 Å². The largest absolute Gasteiger partial charge is 0.453 e. The van der Waals surface area contributed by atoms with E-state index in [2.05, 4.69) is 21.4 Å². The standard InChI is InChI=1S/C27H29FN6O2/c1-16-10-18(12-19(28)11-16)22-14-30-24-5-4-17(23-15-33(2)32-26(23)31-27(35)36-3)13-21(24)25(22)34-8-6-20(29)7-9-34/h4-5,10-15,20H,6-9,29H2,1-3H3,(H,31,32,35). The summed E-state index contributed by atoms with van der Waals surface area (Å²) >= 11 is 0. The van der Waals surface area contributed by atoms with Gasteiger partial charge < -0.3 is 15.4 Å². The third-order valence-corrected chi connectivity index (χ3v) is 6.59. The number of pyridine rings is 1. The summed E-state index contributed by atoms with van der Waals surface area (Å²) in [7, 11) is 3.10. The molecule has 0 spiro atoms. The molecule has 3 N–H and O–H groups in total. The first-order valence-electron chi connectivity index (χ1n) is 11.9. The molecule has 9 heteroatoms. The summed E-state index contributed by atoms with van der Waals surface area (Å²) < 4.78 is 20.8. The molecule has 186 valence electrons. The predicted molar refractivity (Wildman–Crippen MR) is 140 cm³/mol. The molecule has 0 atom stereocenters. The Hall–Kier alpha value is -3.98. The lowest BCUT2D eigenvalue weighted by atomic mass is 9.96. The van der Waals surface area contributed by atoms with Crippen molar-refractivity contribution in [1.29, 1.82) is 0 Å². The van der Waals surface area contributed by atoms with Crippen molar-refractivity contribution in [2.24, 2.45) is 12.8 Å². The minimum absolute atomic E-state index is 0.173. The van der Waals surface area contributed by atoms with Crippen molar-refractivity contribution in [3.05, 3.63) is 60.2 Å². The molecule has 4 aromatic rings. The molecule has 1 fully saturated rings. The van der Waals surface area contributed by atoms with Gasteiger partial charge in [-0.3, -0.25) is 15.0 Å². The number of methoxy groups -OCH3 is 1. The van der Waals surface area contributed by atoms with Crippen LogP contribution in [0.3, 0.4) is 0 Å². The smallest absolute Gasteiger partial charge is 0.412 e. The number of rotatable bonds is 4. The van der Waals surface area contributed by atoms with Crippen LogP contribution in [0.5, 0.6) is 0 Å².